The molecule has 0 saturated carbocycles. The van der Waals surface area contributed by atoms with Gasteiger partial charge in [0.2, 0.25) is 0 Å². The molecule has 0 amide bonds. The SMILES string of the molecule is N#Cc1ccc(-c2ccccc2-c2nc(-c3ccccc3)nc(-c3ccccc3O[B]O)n2)cc1. The van der Waals surface area contributed by atoms with E-state index in [-0.39, 0.29) is 0 Å². The van der Waals surface area contributed by atoms with Gasteiger partial charge in [0, 0.05) is 11.1 Å². The summed E-state index contributed by atoms with van der Waals surface area (Å²) in [7, 11) is 0.638. The summed E-state index contributed by atoms with van der Waals surface area (Å²) in [5, 5.41) is 18.4. The molecule has 0 bridgehead atoms. The van der Waals surface area contributed by atoms with E-state index in [9.17, 15) is 5.02 Å². The molecule has 1 heterocycles. The molecule has 0 fully saturated rings. The molecule has 165 valence electrons. The van der Waals surface area contributed by atoms with Gasteiger partial charge in [-0.2, -0.15) is 5.26 Å². The van der Waals surface area contributed by atoms with Crippen LogP contribution in [-0.2, 0) is 0 Å². The molecule has 35 heavy (non-hydrogen) atoms. The molecule has 6 nitrogen and oxygen atoms in total. The highest BCUT2D eigenvalue weighted by atomic mass is 16.5. The van der Waals surface area contributed by atoms with E-state index >= 15 is 0 Å². The first-order valence-corrected chi connectivity index (χ1v) is 10.9. The Morgan fingerprint density at radius 2 is 1.17 bits per heavy atom. The van der Waals surface area contributed by atoms with Gasteiger partial charge < -0.3 is 9.68 Å². The van der Waals surface area contributed by atoms with Gasteiger partial charge in [-0.15, -0.1) is 0 Å². The van der Waals surface area contributed by atoms with Crippen molar-refractivity contribution < 1.29 is 9.68 Å². The van der Waals surface area contributed by atoms with E-state index in [1.807, 2.05) is 84.9 Å². The number of nitrogens with zero attached hydrogens (tertiary/aromatic N) is 4. The van der Waals surface area contributed by atoms with Crippen molar-refractivity contribution >= 4 is 7.69 Å². The van der Waals surface area contributed by atoms with Crippen molar-refractivity contribution in [3.63, 3.8) is 0 Å². The minimum Gasteiger partial charge on any atom is -0.537 e. The Morgan fingerprint density at radius 1 is 0.600 bits per heavy atom. The van der Waals surface area contributed by atoms with Gasteiger partial charge in [-0.05, 0) is 35.4 Å². The van der Waals surface area contributed by atoms with E-state index in [4.69, 9.17) is 24.9 Å². The fourth-order valence-electron chi connectivity index (χ4n) is 3.80. The minimum absolute atomic E-state index is 0.418. The first kappa shape index (κ1) is 22.0. The molecule has 0 aliphatic carbocycles. The fourth-order valence-corrected chi connectivity index (χ4v) is 3.80. The summed E-state index contributed by atoms with van der Waals surface area (Å²) in [6.07, 6.45) is 0. The molecule has 1 aromatic heterocycles. The van der Waals surface area contributed by atoms with Crippen LogP contribution in [0.4, 0.5) is 0 Å². The van der Waals surface area contributed by atoms with E-state index in [0.29, 0.717) is 42.0 Å². The molecule has 1 radical (unpaired) electrons. The quantitative estimate of drug-likeness (QED) is 0.350. The van der Waals surface area contributed by atoms with Crippen molar-refractivity contribution in [2.24, 2.45) is 0 Å². The van der Waals surface area contributed by atoms with Gasteiger partial charge in [0.25, 0.3) is 0 Å². The van der Waals surface area contributed by atoms with Crippen LogP contribution in [0.2, 0.25) is 0 Å². The predicted molar refractivity (Wildman–Crippen MR) is 135 cm³/mol. The Morgan fingerprint density at radius 3 is 1.86 bits per heavy atom. The van der Waals surface area contributed by atoms with E-state index in [2.05, 4.69) is 6.07 Å². The van der Waals surface area contributed by atoms with Crippen molar-refractivity contribution in [1.29, 1.82) is 5.26 Å². The highest BCUT2D eigenvalue weighted by Crippen LogP contribution is 2.34. The van der Waals surface area contributed by atoms with Crippen LogP contribution in [0.15, 0.2) is 103 Å². The lowest BCUT2D eigenvalue weighted by molar-refractivity contribution is 0.454. The topological polar surface area (TPSA) is 91.9 Å². The third kappa shape index (κ3) is 4.65. The predicted octanol–water partition coefficient (Wildman–Crippen LogP) is 5.32. The minimum atomic E-state index is 0.418. The number of nitriles is 1. The van der Waals surface area contributed by atoms with Crippen LogP contribution in [-0.4, -0.2) is 27.7 Å². The molecule has 0 aliphatic rings. The maximum atomic E-state index is 9.24. The van der Waals surface area contributed by atoms with E-state index < -0.39 is 0 Å². The van der Waals surface area contributed by atoms with Crippen LogP contribution in [0.5, 0.6) is 5.75 Å². The zero-order valence-electron chi connectivity index (χ0n) is 18.5. The number of rotatable bonds is 6. The molecule has 0 unspecified atom stereocenters. The standard InChI is InChI=1S/C28H18BN4O2/c30-18-19-14-16-20(17-15-19)22-10-4-5-11-23(22)27-31-26(21-8-2-1-3-9-21)32-28(33-27)24-12-6-7-13-25(24)35-29-34/h1-17,34H. The average molecular weight is 453 g/mol. The highest BCUT2D eigenvalue weighted by molar-refractivity contribution is 6.17. The number of aromatic nitrogens is 3. The molecular formula is C28H18BN4O2. The third-order valence-corrected chi connectivity index (χ3v) is 5.47. The van der Waals surface area contributed by atoms with Crippen molar-refractivity contribution in [2.75, 3.05) is 0 Å². The third-order valence-electron chi connectivity index (χ3n) is 5.47. The average Bonchev–Trinajstić information content (AvgIpc) is 2.94. The second kappa shape index (κ2) is 10.00. The Kier molecular flexibility index (Phi) is 6.29. The Hall–Kier alpha value is -4.80. The molecule has 4 aromatic carbocycles. The van der Waals surface area contributed by atoms with Gasteiger partial charge in [-0.3, -0.25) is 0 Å². The molecular weight excluding hydrogens is 435 g/mol. The number of hydrogen-bond donors (Lipinski definition) is 1. The largest absolute Gasteiger partial charge is 0.569 e. The van der Waals surface area contributed by atoms with E-state index in [0.717, 1.165) is 22.3 Å². The highest BCUT2D eigenvalue weighted by Gasteiger charge is 2.17. The molecule has 5 rings (SSSR count). The molecule has 0 aliphatic heterocycles. The van der Waals surface area contributed by atoms with Crippen LogP contribution in [0.1, 0.15) is 5.56 Å². The Balaban J connectivity index is 1.72. The Labute approximate surface area is 203 Å². The van der Waals surface area contributed by atoms with Crippen LogP contribution in [0.25, 0.3) is 45.3 Å². The first-order valence-electron chi connectivity index (χ1n) is 10.9. The summed E-state index contributed by atoms with van der Waals surface area (Å²) < 4.78 is 5.30. The summed E-state index contributed by atoms with van der Waals surface area (Å²) in [6.45, 7) is 0. The lowest BCUT2D eigenvalue weighted by Crippen LogP contribution is -2.04. The summed E-state index contributed by atoms with van der Waals surface area (Å²) in [5.74, 6) is 1.85. The monoisotopic (exact) mass is 453 g/mol. The second-order valence-electron chi connectivity index (χ2n) is 7.63. The van der Waals surface area contributed by atoms with Crippen LogP contribution >= 0.6 is 0 Å². The molecule has 0 saturated heterocycles. The van der Waals surface area contributed by atoms with Gasteiger partial charge in [-0.1, -0.05) is 78.9 Å². The number of hydrogen-bond acceptors (Lipinski definition) is 6. The lowest BCUT2D eigenvalue weighted by atomic mass is 9.98. The van der Waals surface area contributed by atoms with Crippen molar-refractivity contribution in [3.8, 4) is 57.1 Å². The van der Waals surface area contributed by atoms with Crippen LogP contribution in [0, 0.1) is 11.3 Å². The van der Waals surface area contributed by atoms with Crippen molar-refractivity contribution in [3.05, 3.63) is 109 Å². The normalized spacial score (nSPS) is 10.4. The Bertz CT molecular complexity index is 1520. The maximum Gasteiger partial charge on any atom is 0.569 e. The fraction of sp³-hybridized carbons (Fsp3) is 0. The maximum absolute atomic E-state index is 9.24. The van der Waals surface area contributed by atoms with Crippen LogP contribution in [0.3, 0.4) is 0 Å². The second-order valence-corrected chi connectivity index (χ2v) is 7.63. The smallest absolute Gasteiger partial charge is 0.537 e. The van der Waals surface area contributed by atoms with E-state index in [1.165, 1.54) is 0 Å². The zero-order chi connectivity index (χ0) is 24.0. The van der Waals surface area contributed by atoms with Gasteiger partial charge in [-0.25, -0.2) is 15.0 Å². The number of para-hydroxylation sites is 1. The molecule has 0 atom stereocenters. The summed E-state index contributed by atoms with van der Waals surface area (Å²) in [6, 6.07) is 34.3. The molecule has 7 heteroatoms. The number of benzene rings is 4. The molecule has 1 N–H and O–H groups in total. The van der Waals surface area contributed by atoms with Crippen molar-refractivity contribution in [1.82, 2.24) is 15.0 Å². The summed E-state index contributed by atoms with van der Waals surface area (Å²) in [5.41, 5.74) is 4.76. The summed E-state index contributed by atoms with van der Waals surface area (Å²) >= 11 is 0. The van der Waals surface area contributed by atoms with Gasteiger partial charge in [0.15, 0.2) is 17.5 Å². The molecule has 0 spiro atoms. The summed E-state index contributed by atoms with van der Waals surface area (Å²) in [4.78, 5) is 14.4. The first-order chi connectivity index (χ1) is 17.3. The van der Waals surface area contributed by atoms with Gasteiger partial charge in [0.05, 0.1) is 17.2 Å². The molecule has 5 aromatic rings. The lowest BCUT2D eigenvalue weighted by Gasteiger charge is -2.13. The zero-order valence-corrected chi connectivity index (χ0v) is 18.5. The van der Waals surface area contributed by atoms with Gasteiger partial charge >= 0.3 is 7.69 Å². The van der Waals surface area contributed by atoms with Gasteiger partial charge in [0.1, 0.15) is 5.75 Å². The van der Waals surface area contributed by atoms with E-state index in [1.54, 1.807) is 18.2 Å². The van der Waals surface area contributed by atoms with Crippen molar-refractivity contribution in [2.45, 2.75) is 0 Å². The van der Waals surface area contributed by atoms with Crippen LogP contribution < -0.4 is 4.65 Å².